The molecule has 18 heavy (non-hydrogen) atoms. The van der Waals surface area contributed by atoms with E-state index in [2.05, 4.69) is 10.3 Å². The molecule has 1 saturated heterocycles. The van der Waals surface area contributed by atoms with Crippen molar-refractivity contribution in [2.24, 2.45) is 0 Å². The molecule has 1 unspecified atom stereocenters. The number of carbonyl (C=O) groups excluding carboxylic acids is 1. The smallest absolute Gasteiger partial charge is 0.247 e. The maximum absolute atomic E-state index is 12.4. The minimum absolute atomic E-state index is 0.0634. The molecule has 1 aliphatic heterocycles. The highest BCUT2D eigenvalue weighted by atomic mass is 32.2. The Bertz CT molecular complexity index is 572. The number of nitrogens with two attached hydrogens (primary N) is 1. The first-order chi connectivity index (χ1) is 8.44. The van der Waals surface area contributed by atoms with Crippen LogP contribution in [0.5, 0.6) is 0 Å². The van der Waals surface area contributed by atoms with Gasteiger partial charge in [0.25, 0.3) is 0 Å². The largest absolute Gasteiger partial charge is 0.398 e. The third-order valence-electron chi connectivity index (χ3n) is 2.85. The number of aromatic nitrogens is 1. The minimum atomic E-state index is -3.79. The van der Waals surface area contributed by atoms with Gasteiger partial charge in [-0.25, -0.2) is 8.42 Å². The van der Waals surface area contributed by atoms with Crippen molar-refractivity contribution in [3.8, 4) is 0 Å². The monoisotopic (exact) mass is 270 g/mol. The molecule has 1 aliphatic rings. The Hall–Kier alpha value is -1.67. The number of carbonyl (C=O) groups is 1. The zero-order valence-electron chi connectivity index (χ0n) is 9.83. The lowest BCUT2D eigenvalue weighted by Crippen LogP contribution is -2.55. The number of pyridine rings is 1. The van der Waals surface area contributed by atoms with E-state index in [0.29, 0.717) is 6.54 Å². The number of sulfonamides is 1. The van der Waals surface area contributed by atoms with Crippen molar-refractivity contribution >= 4 is 21.6 Å². The molecular weight excluding hydrogens is 256 g/mol. The molecule has 98 valence electrons. The third-order valence-corrected chi connectivity index (χ3v) is 4.86. The number of hydrogen-bond donors (Lipinski definition) is 2. The van der Waals surface area contributed by atoms with Crippen LogP contribution in [-0.4, -0.2) is 42.7 Å². The molecule has 7 nitrogen and oxygen atoms in total. The molecule has 3 N–H and O–H groups in total. The summed E-state index contributed by atoms with van der Waals surface area (Å²) in [5.74, 6) is -0.313. The first-order valence-corrected chi connectivity index (χ1v) is 6.87. The minimum Gasteiger partial charge on any atom is -0.398 e. The van der Waals surface area contributed by atoms with Gasteiger partial charge in [-0.15, -0.1) is 0 Å². The van der Waals surface area contributed by atoms with Crippen molar-refractivity contribution in [3.05, 3.63) is 18.5 Å². The van der Waals surface area contributed by atoms with Crippen molar-refractivity contribution in [2.45, 2.75) is 17.9 Å². The molecular formula is C10H14N4O3S. The van der Waals surface area contributed by atoms with Crippen molar-refractivity contribution in [3.63, 3.8) is 0 Å². The van der Waals surface area contributed by atoms with Crippen LogP contribution < -0.4 is 11.1 Å². The molecule has 8 heteroatoms. The Labute approximate surface area is 105 Å². The maximum Gasteiger partial charge on any atom is 0.247 e. The number of nitrogens with one attached hydrogen (secondary N) is 1. The van der Waals surface area contributed by atoms with Crippen molar-refractivity contribution in [1.82, 2.24) is 14.6 Å². The van der Waals surface area contributed by atoms with Crippen molar-refractivity contribution < 1.29 is 13.2 Å². The first kappa shape index (κ1) is 12.8. The number of nitrogen functional groups attached to an aromatic ring is 1. The Balaban J connectivity index is 2.43. The lowest BCUT2D eigenvalue weighted by molar-refractivity contribution is -0.126. The number of hydrogen-bond acceptors (Lipinski definition) is 5. The summed E-state index contributed by atoms with van der Waals surface area (Å²) < 4.78 is 25.9. The number of anilines is 1. The number of amides is 1. The van der Waals surface area contributed by atoms with E-state index in [1.54, 1.807) is 6.92 Å². The number of rotatable bonds is 2. The second-order valence-electron chi connectivity index (χ2n) is 4.00. The highest BCUT2D eigenvalue weighted by Crippen LogP contribution is 2.23. The van der Waals surface area contributed by atoms with Crippen LogP contribution in [0, 0.1) is 0 Å². The van der Waals surface area contributed by atoms with Crippen molar-refractivity contribution in [2.75, 3.05) is 18.8 Å². The zero-order chi connectivity index (χ0) is 13.3. The van der Waals surface area contributed by atoms with Crippen LogP contribution in [0.25, 0.3) is 0 Å². The normalized spacial score (nSPS) is 21.6. The summed E-state index contributed by atoms with van der Waals surface area (Å²) in [5, 5.41) is 2.61. The Morgan fingerprint density at radius 2 is 2.28 bits per heavy atom. The average Bonchev–Trinajstić information content (AvgIpc) is 2.32. The molecule has 2 rings (SSSR count). The van der Waals surface area contributed by atoms with E-state index in [4.69, 9.17) is 5.73 Å². The van der Waals surface area contributed by atoms with E-state index < -0.39 is 16.1 Å². The van der Waals surface area contributed by atoms with Crippen LogP contribution in [-0.2, 0) is 14.8 Å². The third kappa shape index (κ3) is 2.04. The summed E-state index contributed by atoms with van der Waals surface area (Å²) in [7, 11) is -3.79. The van der Waals surface area contributed by atoms with E-state index in [-0.39, 0.29) is 23.0 Å². The van der Waals surface area contributed by atoms with E-state index in [0.717, 1.165) is 4.31 Å². The lowest BCUT2D eigenvalue weighted by atomic mass is 10.2. The summed E-state index contributed by atoms with van der Waals surface area (Å²) in [6, 6.07) is 0.671. The maximum atomic E-state index is 12.4. The summed E-state index contributed by atoms with van der Waals surface area (Å²) >= 11 is 0. The Kier molecular flexibility index (Phi) is 3.22. The van der Waals surface area contributed by atoms with Gasteiger partial charge in [-0.2, -0.15) is 4.31 Å². The second-order valence-corrected chi connectivity index (χ2v) is 5.86. The highest BCUT2D eigenvalue weighted by Gasteiger charge is 2.36. The van der Waals surface area contributed by atoms with E-state index in [9.17, 15) is 13.2 Å². The van der Waals surface area contributed by atoms with Gasteiger partial charge in [0.05, 0.1) is 5.69 Å². The molecule has 2 heterocycles. The van der Waals surface area contributed by atoms with Gasteiger partial charge < -0.3 is 11.1 Å². The van der Waals surface area contributed by atoms with Crippen molar-refractivity contribution in [1.29, 1.82) is 0 Å². The van der Waals surface area contributed by atoms with Crippen LogP contribution >= 0.6 is 0 Å². The highest BCUT2D eigenvalue weighted by molar-refractivity contribution is 7.89. The fraction of sp³-hybridized carbons (Fsp3) is 0.400. The Morgan fingerprint density at radius 3 is 2.94 bits per heavy atom. The number of piperazine rings is 1. The lowest BCUT2D eigenvalue weighted by Gasteiger charge is -2.31. The van der Waals surface area contributed by atoms with Gasteiger partial charge in [-0.1, -0.05) is 0 Å². The Morgan fingerprint density at radius 1 is 1.56 bits per heavy atom. The molecule has 0 aliphatic carbocycles. The zero-order valence-corrected chi connectivity index (χ0v) is 10.6. The molecule has 0 saturated carbocycles. The van der Waals surface area contributed by atoms with Crippen LogP contribution in [0.2, 0.25) is 0 Å². The van der Waals surface area contributed by atoms with E-state index in [1.807, 2.05) is 0 Å². The topological polar surface area (TPSA) is 105 Å². The van der Waals surface area contributed by atoms with Gasteiger partial charge in [0.1, 0.15) is 10.9 Å². The van der Waals surface area contributed by atoms with Crippen LogP contribution in [0.3, 0.4) is 0 Å². The molecule has 1 amide bonds. The number of nitrogens with zero attached hydrogens (tertiary/aromatic N) is 2. The fourth-order valence-corrected chi connectivity index (χ4v) is 3.48. The predicted octanol–water partition coefficient (Wildman–Crippen LogP) is -0.827. The SMILES string of the molecule is CC1C(=O)NCCN1S(=O)(=O)c1cnccc1N. The summed E-state index contributed by atoms with van der Waals surface area (Å²) in [6.07, 6.45) is 2.62. The van der Waals surface area contributed by atoms with Crippen LogP contribution in [0.4, 0.5) is 5.69 Å². The van der Waals surface area contributed by atoms with Crippen LogP contribution in [0.15, 0.2) is 23.4 Å². The molecule has 0 spiro atoms. The molecule has 0 bridgehead atoms. The molecule has 1 fully saturated rings. The molecule has 0 radical (unpaired) electrons. The molecule has 1 atom stereocenters. The fourth-order valence-electron chi connectivity index (χ4n) is 1.82. The van der Waals surface area contributed by atoms with E-state index >= 15 is 0 Å². The van der Waals surface area contributed by atoms with Gasteiger partial charge >= 0.3 is 0 Å². The van der Waals surface area contributed by atoms with Gasteiger partial charge in [0, 0.05) is 25.5 Å². The van der Waals surface area contributed by atoms with Crippen LogP contribution in [0.1, 0.15) is 6.92 Å². The standard InChI is InChI=1S/C10H14N4O3S/c1-7-10(15)13-4-5-14(7)18(16,17)9-6-12-3-2-8(9)11/h2-3,6-7H,4-5H2,1H3,(H2,11,12)(H,13,15). The summed E-state index contributed by atoms with van der Waals surface area (Å²) in [4.78, 5) is 15.2. The van der Waals surface area contributed by atoms with Gasteiger partial charge in [0.2, 0.25) is 15.9 Å². The summed E-state index contributed by atoms with van der Waals surface area (Å²) in [5.41, 5.74) is 5.78. The molecule has 1 aromatic heterocycles. The predicted molar refractivity (Wildman–Crippen MR) is 65.0 cm³/mol. The van der Waals surface area contributed by atoms with Gasteiger partial charge in [-0.3, -0.25) is 9.78 Å². The average molecular weight is 270 g/mol. The van der Waals surface area contributed by atoms with Gasteiger partial charge in [-0.05, 0) is 13.0 Å². The molecule has 0 aromatic carbocycles. The first-order valence-electron chi connectivity index (χ1n) is 5.43. The van der Waals surface area contributed by atoms with E-state index in [1.165, 1.54) is 18.5 Å². The quantitative estimate of drug-likeness (QED) is 0.730. The molecule has 1 aromatic rings. The van der Waals surface area contributed by atoms with Gasteiger partial charge in [0.15, 0.2) is 0 Å². The summed E-state index contributed by atoms with van der Waals surface area (Å²) in [6.45, 7) is 2.06. The second kappa shape index (κ2) is 4.54.